The van der Waals surface area contributed by atoms with Gasteiger partial charge in [-0.2, -0.15) is 0 Å². The SMILES string of the molecule is O=C([O-])c1c(-c2ccccn2)nc2ccccc2c1C(=O)O.[Na+]. The molecule has 3 rings (SSSR count). The number of pyridine rings is 2. The Morgan fingerprint density at radius 2 is 1.70 bits per heavy atom. The summed E-state index contributed by atoms with van der Waals surface area (Å²) in [6, 6.07) is 11.3. The van der Waals surface area contributed by atoms with Crippen LogP contribution in [0.4, 0.5) is 0 Å². The molecule has 1 N–H and O–H groups in total. The number of hydrogen-bond acceptors (Lipinski definition) is 5. The van der Waals surface area contributed by atoms with Crippen molar-refractivity contribution in [2.24, 2.45) is 0 Å². The van der Waals surface area contributed by atoms with Crippen molar-refractivity contribution < 1.29 is 49.4 Å². The second-order valence-corrected chi connectivity index (χ2v) is 4.54. The van der Waals surface area contributed by atoms with Gasteiger partial charge < -0.3 is 15.0 Å². The summed E-state index contributed by atoms with van der Waals surface area (Å²) in [5.74, 6) is -2.95. The molecule has 2 heterocycles. The number of carboxylic acids is 2. The number of para-hydroxylation sites is 1. The predicted octanol–water partition coefficient (Wildman–Crippen LogP) is -1.64. The van der Waals surface area contributed by atoms with Crippen molar-refractivity contribution in [3.63, 3.8) is 0 Å². The fraction of sp³-hybridized carbons (Fsp3) is 0. The number of aromatic nitrogens is 2. The average molecular weight is 316 g/mol. The minimum absolute atomic E-state index is 0. The third-order valence-corrected chi connectivity index (χ3v) is 3.22. The van der Waals surface area contributed by atoms with Gasteiger partial charge in [0.1, 0.15) is 0 Å². The third kappa shape index (κ3) is 3.10. The molecule has 7 heteroatoms. The third-order valence-electron chi connectivity index (χ3n) is 3.22. The molecule has 6 nitrogen and oxygen atoms in total. The van der Waals surface area contributed by atoms with E-state index < -0.39 is 17.5 Å². The number of carbonyl (C=O) groups is 2. The molecular formula is C16H9N2NaO4. The zero-order valence-electron chi connectivity index (χ0n) is 12.2. The minimum atomic E-state index is -1.60. The first-order chi connectivity index (χ1) is 10.6. The molecule has 0 saturated heterocycles. The zero-order valence-corrected chi connectivity index (χ0v) is 14.2. The summed E-state index contributed by atoms with van der Waals surface area (Å²) in [6.07, 6.45) is 1.48. The number of fused-ring (bicyclic) bond motifs is 1. The Morgan fingerprint density at radius 1 is 1.00 bits per heavy atom. The van der Waals surface area contributed by atoms with Crippen molar-refractivity contribution >= 4 is 22.8 Å². The Hall–Kier alpha value is -2.28. The number of hydrogen-bond donors (Lipinski definition) is 1. The van der Waals surface area contributed by atoms with Crippen molar-refractivity contribution in [1.82, 2.24) is 9.97 Å². The van der Waals surface area contributed by atoms with E-state index in [1.54, 1.807) is 36.4 Å². The van der Waals surface area contributed by atoms with Crippen molar-refractivity contribution in [2.75, 3.05) is 0 Å². The smallest absolute Gasteiger partial charge is 0.545 e. The second kappa shape index (κ2) is 6.87. The Labute approximate surface area is 153 Å². The van der Waals surface area contributed by atoms with Crippen LogP contribution in [0, 0.1) is 0 Å². The van der Waals surface area contributed by atoms with Gasteiger partial charge in [-0.05, 0) is 18.2 Å². The fourth-order valence-electron chi connectivity index (χ4n) is 2.32. The van der Waals surface area contributed by atoms with Crippen molar-refractivity contribution in [1.29, 1.82) is 0 Å². The van der Waals surface area contributed by atoms with E-state index in [0.29, 0.717) is 5.52 Å². The van der Waals surface area contributed by atoms with Crippen molar-refractivity contribution in [2.45, 2.75) is 0 Å². The van der Waals surface area contributed by atoms with Crippen LogP contribution in [0.5, 0.6) is 0 Å². The Kier molecular flexibility index (Phi) is 5.10. The van der Waals surface area contributed by atoms with Gasteiger partial charge in [0.2, 0.25) is 0 Å². The molecule has 0 unspecified atom stereocenters. The Morgan fingerprint density at radius 3 is 2.30 bits per heavy atom. The van der Waals surface area contributed by atoms with Crippen LogP contribution in [0.3, 0.4) is 0 Å². The van der Waals surface area contributed by atoms with Crippen LogP contribution in [0.2, 0.25) is 0 Å². The molecule has 2 aromatic heterocycles. The maximum absolute atomic E-state index is 11.6. The number of rotatable bonds is 3. The minimum Gasteiger partial charge on any atom is -0.545 e. The van der Waals surface area contributed by atoms with Gasteiger partial charge >= 0.3 is 35.5 Å². The molecule has 0 aliphatic carbocycles. The van der Waals surface area contributed by atoms with Gasteiger partial charge in [-0.15, -0.1) is 0 Å². The molecule has 0 aliphatic rings. The van der Waals surface area contributed by atoms with Gasteiger partial charge in [0.15, 0.2) is 0 Å². The maximum atomic E-state index is 11.6. The molecule has 3 aromatic rings. The molecular weight excluding hydrogens is 307 g/mol. The molecule has 108 valence electrons. The molecule has 0 radical (unpaired) electrons. The number of carbonyl (C=O) groups excluding carboxylic acids is 1. The summed E-state index contributed by atoms with van der Waals surface area (Å²) in [5, 5.41) is 21.2. The van der Waals surface area contributed by atoms with E-state index in [4.69, 9.17) is 0 Å². The maximum Gasteiger partial charge on any atom is 1.00 e. The Bertz CT molecular complexity index is 897. The van der Waals surface area contributed by atoms with E-state index in [1.165, 1.54) is 12.3 Å². The molecule has 0 bridgehead atoms. The van der Waals surface area contributed by atoms with Crippen LogP contribution < -0.4 is 34.7 Å². The largest absolute Gasteiger partial charge is 1.00 e. The Balaban J connectivity index is 0.00000192. The van der Waals surface area contributed by atoms with Crippen molar-refractivity contribution in [3.8, 4) is 11.4 Å². The number of nitrogens with zero attached hydrogens (tertiary/aromatic N) is 2. The summed E-state index contributed by atoms with van der Waals surface area (Å²) < 4.78 is 0. The van der Waals surface area contributed by atoms with Crippen molar-refractivity contribution in [3.05, 3.63) is 59.8 Å². The van der Waals surface area contributed by atoms with E-state index in [1.807, 2.05) is 0 Å². The number of benzene rings is 1. The average Bonchev–Trinajstić information content (AvgIpc) is 2.53. The van der Waals surface area contributed by atoms with E-state index in [9.17, 15) is 19.8 Å². The molecule has 0 saturated carbocycles. The van der Waals surface area contributed by atoms with Crippen LogP contribution in [0.15, 0.2) is 48.7 Å². The molecule has 0 aliphatic heterocycles. The second-order valence-electron chi connectivity index (χ2n) is 4.54. The molecule has 1 aromatic carbocycles. The van der Waals surface area contributed by atoms with Crippen LogP contribution in [-0.4, -0.2) is 27.0 Å². The number of carboxylic acid groups (broad SMARTS) is 2. The monoisotopic (exact) mass is 316 g/mol. The zero-order chi connectivity index (χ0) is 15.7. The topological polar surface area (TPSA) is 103 Å². The van der Waals surface area contributed by atoms with E-state index in [2.05, 4.69) is 9.97 Å². The molecule has 0 atom stereocenters. The van der Waals surface area contributed by atoms with Gasteiger partial charge in [0.25, 0.3) is 0 Å². The standard InChI is InChI=1S/C16H10N2O4.Na/c19-15(20)12-9-5-1-2-6-10(9)18-14(13(12)16(21)22)11-7-3-4-8-17-11;/h1-8H,(H,19,20)(H,21,22);/q;+1/p-1. The van der Waals surface area contributed by atoms with Crippen LogP contribution in [-0.2, 0) is 0 Å². The first-order valence-corrected chi connectivity index (χ1v) is 6.38. The molecule has 0 spiro atoms. The summed E-state index contributed by atoms with van der Waals surface area (Å²) in [7, 11) is 0. The van der Waals surface area contributed by atoms with Gasteiger partial charge in [0.05, 0.1) is 28.4 Å². The van der Waals surface area contributed by atoms with Gasteiger partial charge in [-0.25, -0.2) is 9.78 Å². The molecule has 23 heavy (non-hydrogen) atoms. The summed E-state index contributed by atoms with van der Waals surface area (Å²) in [5.41, 5.74) is -0.173. The van der Waals surface area contributed by atoms with Crippen LogP contribution >= 0.6 is 0 Å². The summed E-state index contributed by atoms with van der Waals surface area (Å²) in [6.45, 7) is 0. The first kappa shape index (κ1) is 17.1. The van der Waals surface area contributed by atoms with Gasteiger partial charge in [-0.1, -0.05) is 24.3 Å². The van der Waals surface area contributed by atoms with Crippen LogP contribution in [0.1, 0.15) is 20.7 Å². The van der Waals surface area contributed by atoms with Gasteiger partial charge in [0, 0.05) is 17.1 Å². The molecule has 0 fully saturated rings. The summed E-state index contributed by atoms with van der Waals surface area (Å²) >= 11 is 0. The quantitative estimate of drug-likeness (QED) is 0.582. The van der Waals surface area contributed by atoms with E-state index >= 15 is 0 Å². The van der Waals surface area contributed by atoms with Crippen LogP contribution in [0.25, 0.3) is 22.3 Å². The first-order valence-electron chi connectivity index (χ1n) is 6.38. The predicted molar refractivity (Wildman–Crippen MR) is 76.3 cm³/mol. The number of aromatic carboxylic acids is 2. The molecule has 0 amide bonds. The normalized spacial score (nSPS) is 10.1. The van der Waals surface area contributed by atoms with E-state index in [-0.39, 0.29) is 51.9 Å². The summed E-state index contributed by atoms with van der Waals surface area (Å²) in [4.78, 5) is 31.4. The fourth-order valence-corrected chi connectivity index (χ4v) is 2.32. The van der Waals surface area contributed by atoms with Gasteiger partial charge in [-0.3, -0.25) is 4.98 Å². The van der Waals surface area contributed by atoms with E-state index in [0.717, 1.165) is 0 Å².